The molecule has 2 aromatic rings. The van der Waals surface area contributed by atoms with Gasteiger partial charge in [0.15, 0.2) is 6.19 Å². The average Bonchev–Trinajstić information content (AvgIpc) is 2.40. The highest BCUT2D eigenvalue weighted by Crippen LogP contribution is 2.14. The summed E-state index contributed by atoms with van der Waals surface area (Å²) in [5.41, 5.74) is 1.09. The fourth-order valence-corrected chi connectivity index (χ4v) is 1.53. The number of nitrogens with zero attached hydrogens (tertiary/aromatic N) is 5. The Hall–Kier alpha value is -2.68. The molecule has 0 unspecified atom stereocenters. The van der Waals surface area contributed by atoms with Crippen molar-refractivity contribution in [3.05, 3.63) is 42.5 Å². The van der Waals surface area contributed by atoms with Crippen molar-refractivity contribution in [2.45, 2.75) is 6.54 Å². The van der Waals surface area contributed by atoms with E-state index in [0.29, 0.717) is 12.4 Å². The van der Waals surface area contributed by atoms with E-state index < -0.39 is 0 Å². The second-order valence-electron chi connectivity index (χ2n) is 3.72. The Morgan fingerprint density at radius 1 is 1.44 bits per heavy atom. The Kier molecular flexibility index (Phi) is 3.66. The first kappa shape index (κ1) is 11.8. The summed E-state index contributed by atoms with van der Waals surface area (Å²) >= 11 is 0. The van der Waals surface area contributed by atoms with Crippen LogP contribution in [-0.2, 0) is 6.54 Å². The molecular weight excluding hydrogens is 228 g/mol. The van der Waals surface area contributed by atoms with E-state index in [1.165, 1.54) is 6.33 Å². The van der Waals surface area contributed by atoms with Crippen LogP contribution in [-0.4, -0.2) is 22.0 Å². The molecule has 0 aromatic carbocycles. The van der Waals surface area contributed by atoms with E-state index in [0.717, 1.165) is 11.4 Å². The third-order valence-electron chi connectivity index (χ3n) is 2.37. The van der Waals surface area contributed by atoms with Crippen molar-refractivity contribution in [1.82, 2.24) is 15.0 Å². The molecule has 90 valence electrons. The second kappa shape index (κ2) is 5.59. The molecule has 0 aliphatic carbocycles. The minimum Gasteiger partial charge on any atom is -0.355 e. The summed E-state index contributed by atoms with van der Waals surface area (Å²) in [7, 11) is 1.92. The van der Waals surface area contributed by atoms with Crippen molar-refractivity contribution in [3.8, 4) is 6.19 Å². The molecule has 0 aliphatic rings. The number of pyridine rings is 1. The molecule has 0 aliphatic heterocycles. The maximum atomic E-state index is 8.54. The van der Waals surface area contributed by atoms with E-state index in [-0.39, 0.29) is 0 Å². The van der Waals surface area contributed by atoms with Crippen molar-refractivity contribution < 1.29 is 0 Å². The average molecular weight is 240 g/mol. The predicted molar refractivity (Wildman–Crippen MR) is 67.6 cm³/mol. The zero-order chi connectivity index (χ0) is 12.8. The van der Waals surface area contributed by atoms with Gasteiger partial charge in [0.25, 0.3) is 0 Å². The van der Waals surface area contributed by atoms with Crippen molar-refractivity contribution in [2.75, 3.05) is 17.3 Å². The zero-order valence-corrected chi connectivity index (χ0v) is 9.91. The smallest absolute Gasteiger partial charge is 0.182 e. The van der Waals surface area contributed by atoms with Gasteiger partial charge >= 0.3 is 0 Å². The van der Waals surface area contributed by atoms with Gasteiger partial charge in [-0.25, -0.2) is 9.97 Å². The SMILES string of the molecule is CN(Cc1cccnc1)c1cc(NC#N)ncn1. The van der Waals surface area contributed by atoms with Gasteiger partial charge in [-0.2, -0.15) is 5.26 Å². The second-order valence-corrected chi connectivity index (χ2v) is 3.72. The number of aromatic nitrogens is 3. The molecule has 1 N–H and O–H groups in total. The zero-order valence-electron chi connectivity index (χ0n) is 9.91. The lowest BCUT2D eigenvalue weighted by atomic mass is 10.3. The molecule has 2 heterocycles. The molecule has 0 bridgehead atoms. The van der Waals surface area contributed by atoms with Crippen LogP contribution >= 0.6 is 0 Å². The predicted octanol–water partition coefficient (Wildman–Crippen LogP) is 1.40. The lowest BCUT2D eigenvalue weighted by molar-refractivity contribution is 0.886. The Balaban J connectivity index is 2.11. The molecule has 0 radical (unpaired) electrons. The van der Waals surface area contributed by atoms with E-state index in [4.69, 9.17) is 5.26 Å². The number of rotatable bonds is 4. The Morgan fingerprint density at radius 2 is 2.33 bits per heavy atom. The molecular formula is C12H12N6. The fourth-order valence-electron chi connectivity index (χ4n) is 1.53. The summed E-state index contributed by atoms with van der Waals surface area (Å²) in [6.07, 6.45) is 6.81. The summed E-state index contributed by atoms with van der Waals surface area (Å²) < 4.78 is 0. The largest absolute Gasteiger partial charge is 0.355 e. The van der Waals surface area contributed by atoms with Crippen LogP contribution in [0.1, 0.15) is 5.56 Å². The van der Waals surface area contributed by atoms with E-state index in [2.05, 4.69) is 20.3 Å². The monoisotopic (exact) mass is 240 g/mol. The Labute approximate surface area is 105 Å². The molecule has 6 heteroatoms. The summed E-state index contributed by atoms with van der Waals surface area (Å²) in [5.74, 6) is 1.23. The maximum Gasteiger partial charge on any atom is 0.182 e. The standard InChI is InChI=1S/C12H12N6/c1-18(7-10-3-2-4-14-6-10)12-5-11(15-8-13)16-9-17-12/h2-6,9H,7H2,1H3,(H,15,16,17). The minimum absolute atomic E-state index is 0.487. The van der Waals surface area contributed by atoms with Crippen molar-refractivity contribution >= 4 is 11.6 Å². The van der Waals surface area contributed by atoms with Gasteiger partial charge in [-0.15, -0.1) is 0 Å². The van der Waals surface area contributed by atoms with Crippen LogP contribution in [0.5, 0.6) is 0 Å². The highest BCUT2D eigenvalue weighted by Gasteiger charge is 2.05. The van der Waals surface area contributed by atoms with Gasteiger partial charge in [0.05, 0.1) is 0 Å². The maximum absolute atomic E-state index is 8.54. The van der Waals surface area contributed by atoms with E-state index in [1.54, 1.807) is 12.3 Å². The molecule has 0 atom stereocenters. The van der Waals surface area contributed by atoms with E-state index >= 15 is 0 Å². The summed E-state index contributed by atoms with van der Waals surface area (Å²) in [6, 6.07) is 5.62. The topological polar surface area (TPSA) is 77.7 Å². The first-order valence-corrected chi connectivity index (χ1v) is 5.37. The normalized spacial score (nSPS) is 9.56. The molecule has 0 fully saturated rings. The van der Waals surface area contributed by atoms with Crippen LogP contribution in [0.2, 0.25) is 0 Å². The number of hydrogen-bond acceptors (Lipinski definition) is 6. The molecule has 0 saturated heterocycles. The first-order chi connectivity index (χ1) is 8.79. The van der Waals surface area contributed by atoms with Gasteiger partial charge in [0, 0.05) is 32.1 Å². The van der Waals surface area contributed by atoms with Crippen LogP contribution in [0.3, 0.4) is 0 Å². The van der Waals surface area contributed by atoms with Gasteiger partial charge < -0.3 is 4.90 Å². The van der Waals surface area contributed by atoms with E-state index in [1.807, 2.05) is 36.5 Å². The lowest BCUT2D eigenvalue weighted by Gasteiger charge is -2.17. The van der Waals surface area contributed by atoms with Gasteiger partial charge in [0.1, 0.15) is 18.0 Å². The Bertz CT molecular complexity index is 548. The molecule has 2 aromatic heterocycles. The highest BCUT2D eigenvalue weighted by atomic mass is 15.2. The summed E-state index contributed by atoms with van der Waals surface area (Å²) in [4.78, 5) is 14.1. The van der Waals surface area contributed by atoms with Crippen LogP contribution in [0.25, 0.3) is 0 Å². The van der Waals surface area contributed by atoms with Crippen LogP contribution in [0.15, 0.2) is 36.9 Å². The third-order valence-corrected chi connectivity index (χ3v) is 2.37. The van der Waals surface area contributed by atoms with Gasteiger partial charge in [-0.3, -0.25) is 10.3 Å². The van der Waals surface area contributed by atoms with Crippen molar-refractivity contribution in [2.24, 2.45) is 0 Å². The quantitative estimate of drug-likeness (QED) is 0.643. The van der Waals surface area contributed by atoms with Gasteiger partial charge in [0.2, 0.25) is 0 Å². The van der Waals surface area contributed by atoms with Gasteiger partial charge in [-0.05, 0) is 11.6 Å². The van der Waals surface area contributed by atoms with Crippen LogP contribution < -0.4 is 10.2 Å². The molecule has 0 amide bonds. The molecule has 2 rings (SSSR count). The number of anilines is 2. The summed E-state index contributed by atoms with van der Waals surface area (Å²) in [6.45, 7) is 0.691. The van der Waals surface area contributed by atoms with Gasteiger partial charge in [-0.1, -0.05) is 6.07 Å². The third kappa shape index (κ3) is 2.92. The van der Waals surface area contributed by atoms with Crippen molar-refractivity contribution in [1.29, 1.82) is 5.26 Å². The van der Waals surface area contributed by atoms with Crippen LogP contribution in [0.4, 0.5) is 11.6 Å². The molecule has 0 spiro atoms. The fraction of sp³-hybridized carbons (Fsp3) is 0.167. The lowest BCUT2D eigenvalue weighted by Crippen LogP contribution is -2.18. The first-order valence-electron chi connectivity index (χ1n) is 5.37. The Morgan fingerprint density at radius 3 is 3.06 bits per heavy atom. The number of hydrogen-bond donors (Lipinski definition) is 1. The minimum atomic E-state index is 0.487. The number of nitriles is 1. The molecule has 0 saturated carbocycles. The van der Waals surface area contributed by atoms with Crippen LogP contribution in [0, 0.1) is 11.5 Å². The highest BCUT2D eigenvalue weighted by molar-refractivity contribution is 5.49. The number of nitrogens with one attached hydrogen (secondary N) is 1. The molecule has 18 heavy (non-hydrogen) atoms. The summed E-state index contributed by atoms with van der Waals surface area (Å²) in [5, 5.41) is 11.0. The van der Waals surface area contributed by atoms with Crippen molar-refractivity contribution in [3.63, 3.8) is 0 Å². The molecule has 6 nitrogen and oxygen atoms in total. The van der Waals surface area contributed by atoms with E-state index in [9.17, 15) is 0 Å².